The first-order valence-corrected chi connectivity index (χ1v) is 6.37. The van der Waals surface area contributed by atoms with Gasteiger partial charge in [0.15, 0.2) is 0 Å². The van der Waals surface area contributed by atoms with Gasteiger partial charge in [0.2, 0.25) is 0 Å². The third kappa shape index (κ3) is 2.46. The molecule has 2 aromatic rings. The van der Waals surface area contributed by atoms with Crippen molar-refractivity contribution in [1.82, 2.24) is 19.3 Å². The Kier molecular flexibility index (Phi) is 3.81. The van der Waals surface area contributed by atoms with E-state index < -0.39 is 0 Å². The minimum absolute atomic E-state index is 0.0447. The monoisotopic (exact) mass is 247 g/mol. The van der Waals surface area contributed by atoms with Gasteiger partial charge in [-0.3, -0.25) is 4.68 Å². The molecule has 1 unspecified atom stereocenters. The van der Waals surface area contributed by atoms with Gasteiger partial charge < -0.3 is 10.3 Å². The summed E-state index contributed by atoms with van der Waals surface area (Å²) in [7, 11) is 1.93. The van der Waals surface area contributed by atoms with Crippen molar-refractivity contribution >= 4 is 0 Å². The van der Waals surface area contributed by atoms with Crippen LogP contribution < -0.4 is 5.73 Å². The summed E-state index contributed by atoms with van der Waals surface area (Å²) in [6.45, 7) is 5.20. The van der Waals surface area contributed by atoms with E-state index in [2.05, 4.69) is 21.6 Å². The van der Waals surface area contributed by atoms with Gasteiger partial charge in [0.05, 0.1) is 6.20 Å². The molecule has 5 heteroatoms. The molecule has 0 aromatic carbocycles. The summed E-state index contributed by atoms with van der Waals surface area (Å²) in [6.07, 6.45) is 7.56. The molecule has 1 atom stereocenters. The second-order valence-corrected chi connectivity index (χ2v) is 4.66. The summed E-state index contributed by atoms with van der Waals surface area (Å²) in [5.41, 5.74) is 8.48. The topological polar surface area (TPSA) is 61.7 Å². The quantitative estimate of drug-likeness (QED) is 0.872. The zero-order valence-electron chi connectivity index (χ0n) is 11.3. The van der Waals surface area contributed by atoms with E-state index in [0.717, 1.165) is 36.5 Å². The summed E-state index contributed by atoms with van der Waals surface area (Å²) < 4.78 is 4.03. The largest absolute Gasteiger partial charge is 0.335 e. The van der Waals surface area contributed by atoms with Crippen LogP contribution >= 0.6 is 0 Å². The van der Waals surface area contributed by atoms with Crippen LogP contribution in [0.25, 0.3) is 0 Å². The van der Waals surface area contributed by atoms with Gasteiger partial charge in [-0.15, -0.1) is 0 Å². The molecule has 18 heavy (non-hydrogen) atoms. The highest BCUT2D eigenvalue weighted by molar-refractivity contribution is 5.21. The van der Waals surface area contributed by atoms with Crippen LogP contribution in [0.3, 0.4) is 0 Å². The maximum absolute atomic E-state index is 6.26. The molecule has 0 amide bonds. The summed E-state index contributed by atoms with van der Waals surface area (Å²) in [6, 6.07) is -0.0447. The second-order valence-electron chi connectivity index (χ2n) is 4.66. The predicted molar refractivity (Wildman–Crippen MR) is 71.1 cm³/mol. The molecule has 0 fully saturated rings. The van der Waals surface area contributed by atoms with Crippen molar-refractivity contribution < 1.29 is 0 Å². The van der Waals surface area contributed by atoms with Gasteiger partial charge in [-0.05, 0) is 13.3 Å². The Morgan fingerprint density at radius 2 is 2.22 bits per heavy atom. The number of nitrogens with zero attached hydrogens (tertiary/aromatic N) is 4. The summed E-state index contributed by atoms with van der Waals surface area (Å²) in [5, 5.41) is 4.23. The van der Waals surface area contributed by atoms with Crippen molar-refractivity contribution in [2.75, 3.05) is 0 Å². The van der Waals surface area contributed by atoms with E-state index in [1.54, 1.807) is 0 Å². The number of aromatic nitrogens is 4. The number of hydrogen-bond donors (Lipinski definition) is 1. The van der Waals surface area contributed by atoms with E-state index >= 15 is 0 Å². The average Bonchev–Trinajstić information content (AvgIpc) is 2.89. The molecule has 5 nitrogen and oxygen atoms in total. The highest BCUT2D eigenvalue weighted by Crippen LogP contribution is 2.18. The van der Waals surface area contributed by atoms with Crippen LogP contribution in [0.15, 0.2) is 18.6 Å². The lowest BCUT2D eigenvalue weighted by molar-refractivity contribution is 0.596. The van der Waals surface area contributed by atoms with Gasteiger partial charge in [0, 0.05) is 49.7 Å². The summed E-state index contributed by atoms with van der Waals surface area (Å²) >= 11 is 0. The molecule has 0 bridgehead atoms. The van der Waals surface area contributed by atoms with Crippen LogP contribution in [0.2, 0.25) is 0 Å². The molecule has 2 N–H and O–H groups in total. The zero-order chi connectivity index (χ0) is 13.1. The third-order valence-electron chi connectivity index (χ3n) is 3.34. The minimum atomic E-state index is -0.0447. The van der Waals surface area contributed by atoms with E-state index in [1.807, 2.05) is 37.2 Å². The van der Waals surface area contributed by atoms with E-state index in [-0.39, 0.29) is 6.04 Å². The number of imidazole rings is 1. The van der Waals surface area contributed by atoms with E-state index in [9.17, 15) is 0 Å². The highest BCUT2D eigenvalue weighted by atomic mass is 15.3. The summed E-state index contributed by atoms with van der Waals surface area (Å²) in [5.74, 6) is 1.05. The van der Waals surface area contributed by atoms with Crippen LogP contribution in [0.5, 0.6) is 0 Å². The maximum Gasteiger partial charge on any atom is 0.110 e. The number of rotatable bonds is 5. The number of hydrogen-bond acceptors (Lipinski definition) is 3. The Morgan fingerprint density at radius 3 is 2.83 bits per heavy atom. The molecule has 0 aliphatic carbocycles. The molecule has 2 aromatic heterocycles. The SMILES string of the molecule is CCCn1ccnc1CC(N)c1cnn(C)c1C. The third-order valence-corrected chi connectivity index (χ3v) is 3.34. The lowest BCUT2D eigenvalue weighted by atomic mass is 10.1. The van der Waals surface area contributed by atoms with Gasteiger partial charge in [-0.25, -0.2) is 4.98 Å². The molecular weight excluding hydrogens is 226 g/mol. The Balaban J connectivity index is 2.13. The molecule has 98 valence electrons. The fourth-order valence-corrected chi connectivity index (χ4v) is 2.16. The lowest BCUT2D eigenvalue weighted by Crippen LogP contribution is -2.17. The molecule has 0 aliphatic heterocycles. The number of aryl methyl sites for hydroxylation is 2. The van der Waals surface area contributed by atoms with Crippen LogP contribution in [0.4, 0.5) is 0 Å². The second kappa shape index (κ2) is 5.35. The average molecular weight is 247 g/mol. The van der Waals surface area contributed by atoms with Crippen molar-refractivity contribution in [3.63, 3.8) is 0 Å². The molecule has 0 saturated heterocycles. The van der Waals surface area contributed by atoms with Gasteiger partial charge in [-0.2, -0.15) is 5.10 Å². The van der Waals surface area contributed by atoms with Gasteiger partial charge in [0.1, 0.15) is 5.82 Å². The Hall–Kier alpha value is -1.62. The van der Waals surface area contributed by atoms with Crippen LogP contribution in [0.1, 0.15) is 36.5 Å². The fourth-order valence-electron chi connectivity index (χ4n) is 2.16. The zero-order valence-corrected chi connectivity index (χ0v) is 11.3. The number of nitrogens with two attached hydrogens (primary N) is 1. The molecule has 0 saturated carbocycles. The minimum Gasteiger partial charge on any atom is -0.335 e. The van der Waals surface area contributed by atoms with E-state index in [4.69, 9.17) is 5.73 Å². The first-order chi connectivity index (χ1) is 8.63. The van der Waals surface area contributed by atoms with Crippen LogP contribution in [0, 0.1) is 6.92 Å². The van der Waals surface area contributed by atoms with E-state index in [1.165, 1.54) is 0 Å². The highest BCUT2D eigenvalue weighted by Gasteiger charge is 2.15. The molecule has 0 spiro atoms. The van der Waals surface area contributed by atoms with Crippen LogP contribution in [-0.4, -0.2) is 19.3 Å². The Labute approximate surface area is 108 Å². The van der Waals surface area contributed by atoms with Crippen molar-refractivity contribution in [2.45, 2.75) is 39.3 Å². The van der Waals surface area contributed by atoms with Gasteiger partial charge in [0.25, 0.3) is 0 Å². The van der Waals surface area contributed by atoms with Crippen molar-refractivity contribution in [3.8, 4) is 0 Å². The standard InChI is InChI=1S/C13H21N5/c1-4-6-18-7-5-15-13(18)8-12(14)11-9-16-17(3)10(11)2/h5,7,9,12H,4,6,8,14H2,1-3H3. The molecule has 0 aliphatic rings. The summed E-state index contributed by atoms with van der Waals surface area (Å²) in [4.78, 5) is 4.39. The Morgan fingerprint density at radius 1 is 1.44 bits per heavy atom. The molecular formula is C13H21N5. The smallest absolute Gasteiger partial charge is 0.110 e. The van der Waals surface area contributed by atoms with Crippen molar-refractivity contribution in [2.24, 2.45) is 12.8 Å². The first kappa shape index (κ1) is 12.8. The molecule has 0 radical (unpaired) electrons. The lowest BCUT2D eigenvalue weighted by Gasteiger charge is -2.12. The van der Waals surface area contributed by atoms with Crippen molar-refractivity contribution in [1.29, 1.82) is 0 Å². The van der Waals surface area contributed by atoms with E-state index in [0.29, 0.717) is 0 Å². The van der Waals surface area contributed by atoms with Crippen molar-refractivity contribution in [3.05, 3.63) is 35.7 Å². The molecule has 2 heterocycles. The van der Waals surface area contributed by atoms with Gasteiger partial charge in [-0.1, -0.05) is 6.92 Å². The fraction of sp³-hybridized carbons (Fsp3) is 0.538. The first-order valence-electron chi connectivity index (χ1n) is 6.37. The maximum atomic E-state index is 6.26. The van der Waals surface area contributed by atoms with Crippen LogP contribution in [-0.2, 0) is 20.0 Å². The van der Waals surface area contributed by atoms with Gasteiger partial charge >= 0.3 is 0 Å². The normalized spacial score (nSPS) is 12.9. The molecule has 2 rings (SSSR count). The predicted octanol–water partition coefficient (Wildman–Crippen LogP) is 1.58. The Bertz CT molecular complexity index is 511.